The first-order valence-electron chi connectivity index (χ1n) is 8.71. The fraction of sp³-hybridized carbons (Fsp3) is 0.278. The number of morpholine rings is 1. The minimum Gasteiger partial charge on any atom is -0.379 e. The van der Waals surface area contributed by atoms with Crippen LogP contribution in [0.15, 0.2) is 56.9 Å². The normalized spacial score (nSPS) is 15.9. The molecule has 154 valence electrons. The van der Waals surface area contributed by atoms with Crippen LogP contribution in [0.4, 0.5) is 11.4 Å². The van der Waals surface area contributed by atoms with Crippen LogP contribution >= 0.6 is 15.9 Å². The van der Waals surface area contributed by atoms with Crippen molar-refractivity contribution in [3.63, 3.8) is 0 Å². The molecule has 11 heteroatoms. The van der Waals surface area contributed by atoms with E-state index in [9.17, 15) is 18.5 Å². The van der Waals surface area contributed by atoms with Crippen LogP contribution in [0.1, 0.15) is 12.5 Å². The zero-order chi connectivity index (χ0) is 21.0. The van der Waals surface area contributed by atoms with Crippen LogP contribution in [0.3, 0.4) is 0 Å². The molecule has 1 saturated heterocycles. The van der Waals surface area contributed by atoms with Crippen molar-refractivity contribution in [2.24, 2.45) is 5.10 Å². The summed E-state index contributed by atoms with van der Waals surface area (Å²) in [5.74, 6) is 0. The standard InChI is InChI=1S/C18H19BrN4O5S/c1-13(14-2-4-15(19)5-3-14)20-21-17-7-6-16(12-18(17)23(24)25)29(26,27)22-8-10-28-11-9-22/h2-7,12,21H,8-11H2,1H3. The molecular weight excluding hydrogens is 464 g/mol. The van der Waals surface area contributed by atoms with E-state index in [0.717, 1.165) is 16.1 Å². The molecule has 9 nitrogen and oxygen atoms in total. The minimum atomic E-state index is -3.83. The topological polar surface area (TPSA) is 114 Å². The third kappa shape index (κ3) is 4.99. The van der Waals surface area contributed by atoms with Crippen LogP contribution in [0, 0.1) is 10.1 Å². The van der Waals surface area contributed by atoms with Gasteiger partial charge >= 0.3 is 0 Å². The van der Waals surface area contributed by atoms with Gasteiger partial charge in [-0.2, -0.15) is 9.41 Å². The fourth-order valence-corrected chi connectivity index (χ4v) is 4.45. The Bertz CT molecular complexity index is 1030. The number of nitro groups is 1. The van der Waals surface area contributed by atoms with Gasteiger partial charge in [0.15, 0.2) is 0 Å². The van der Waals surface area contributed by atoms with Crippen LogP contribution in [0.5, 0.6) is 0 Å². The van der Waals surface area contributed by atoms with Gasteiger partial charge in [0.05, 0.1) is 28.7 Å². The molecule has 3 rings (SSSR count). The Hall–Kier alpha value is -2.34. The number of hydrogen-bond donors (Lipinski definition) is 1. The number of hydrazone groups is 1. The lowest BCUT2D eigenvalue weighted by Gasteiger charge is -2.26. The summed E-state index contributed by atoms with van der Waals surface area (Å²) in [5.41, 5.74) is 3.87. The molecule has 0 radical (unpaired) electrons. The van der Waals surface area contributed by atoms with Crippen molar-refractivity contribution in [2.45, 2.75) is 11.8 Å². The lowest BCUT2D eigenvalue weighted by molar-refractivity contribution is -0.384. The largest absolute Gasteiger partial charge is 0.379 e. The van der Waals surface area contributed by atoms with E-state index in [1.807, 2.05) is 24.3 Å². The molecule has 0 saturated carbocycles. The molecule has 1 N–H and O–H groups in total. The van der Waals surface area contributed by atoms with Crippen molar-refractivity contribution in [2.75, 3.05) is 31.7 Å². The second-order valence-electron chi connectivity index (χ2n) is 6.27. The summed E-state index contributed by atoms with van der Waals surface area (Å²) in [7, 11) is -3.83. The molecule has 2 aromatic carbocycles. The van der Waals surface area contributed by atoms with E-state index in [-0.39, 0.29) is 29.4 Å². The molecule has 0 atom stereocenters. The molecule has 0 aliphatic carbocycles. The SMILES string of the molecule is CC(=NNc1ccc(S(=O)(=O)N2CCOCC2)cc1[N+](=O)[O-])c1ccc(Br)cc1. The number of hydrogen-bond acceptors (Lipinski definition) is 7. The Labute approximate surface area is 176 Å². The molecule has 29 heavy (non-hydrogen) atoms. The number of halogens is 1. The van der Waals surface area contributed by atoms with Crippen molar-refractivity contribution < 1.29 is 18.1 Å². The molecule has 1 fully saturated rings. The van der Waals surface area contributed by atoms with Crippen molar-refractivity contribution in [1.82, 2.24) is 4.31 Å². The average Bonchev–Trinajstić information content (AvgIpc) is 2.73. The van der Waals surface area contributed by atoms with E-state index in [2.05, 4.69) is 26.5 Å². The Balaban J connectivity index is 1.87. The van der Waals surface area contributed by atoms with Crippen LogP contribution in [-0.4, -0.2) is 49.7 Å². The number of sulfonamides is 1. The lowest BCUT2D eigenvalue weighted by atomic mass is 10.1. The van der Waals surface area contributed by atoms with E-state index in [1.54, 1.807) is 6.92 Å². The van der Waals surface area contributed by atoms with Crippen molar-refractivity contribution >= 4 is 43.0 Å². The number of benzene rings is 2. The molecule has 0 aromatic heterocycles. The third-order valence-electron chi connectivity index (χ3n) is 4.38. The van der Waals surface area contributed by atoms with Gasteiger partial charge in [0.25, 0.3) is 5.69 Å². The average molecular weight is 483 g/mol. The summed E-state index contributed by atoms with van der Waals surface area (Å²) >= 11 is 3.36. The van der Waals surface area contributed by atoms with E-state index in [1.165, 1.54) is 16.4 Å². The highest BCUT2D eigenvalue weighted by atomic mass is 79.9. The summed E-state index contributed by atoms with van der Waals surface area (Å²) in [4.78, 5) is 10.7. The van der Waals surface area contributed by atoms with Crippen LogP contribution in [-0.2, 0) is 14.8 Å². The van der Waals surface area contributed by atoms with Crippen molar-refractivity contribution in [3.05, 3.63) is 62.6 Å². The van der Waals surface area contributed by atoms with Crippen LogP contribution < -0.4 is 5.43 Å². The maximum Gasteiger partial charge on any atom is 0.295 e. The van der Waals surface area contributed by atoms with Gasteiger partial charge in [0.2, 0.25) is 10.0 Å². The van der Waals surface area contributed by atoms with Gasteiger partial charge in [-0.25, -0.2) is 8.42 Å². The summed E-state index contributed by atoms with van der Waals surface area (Å²) in [5, 5.41) is 15.7. The number of rotatable bonds is 6. The van der Waals surface area contributed by atoms with E-state index in [0.29, 0.717) is 18.9 Å². The van der Waals surface area contributed by atoms with Crippen molar-refractivity contribution in [3.8, 4) is 0 Å². The van der Waals surface area contributed by atoms with Crippen LogP contribution in [0.25, 0.3) is 0 Å². The number of nitrogens with one attached hydrogen (secondary N) is 1. The summed E-state index contributed by atoms with van der Waals surface area (Å²) in [6.07, 6.45) is 0. The summed E-state index contributed by atoms with van der Waals surface area (Å²) in [6.45, 7) is 2.79. The molecule has 0 amide bonds. The molecular formula is C18H19BrN4O5S. The first-order valence-corrected chi connectivity index (χ1v) is 10.9. The molecule has 1 heterocycles. The highest BCUT2D eigenvalue weighted by molar-refractivity contribution is 9.10. The Morgan fingerprint density at radius 2 is 1.86 bits per heavy atom. The molecule has 2 aromatic rings. The number of nitro benzene ring substituents is 1. The molecule has 0 spiro atoms. The summed E-state index contributed by atoms with van der Waals surface area (Å²) in [6, 6.07) is 11.2. The smallest absolute Gasteiger partial charge is 0.295 e. The monoisotopic (exact) mass is 482 g/mol. The highest BCUT2D eigenvalue weighted by Crippen LogP contribution is 2.29. The Morgan fingerprint density at radius 3 is 2.48 bits per heavy atom. The van der Waals surface area contributed by atoms with Gasteiger partial charge in [-0.3, -0.25) is 15.5 Å². The first-order chi connectivity index (χ1) is 13.8. The fourth-order valence-electron chi connectivity index (χ4n) is 2.75. The third-order valence-corrected chi connectivity index (χ3v) is 6.80. The molecule has 1 aliphatic heterocycles. The lowest BCUT2D eigenvalue weighted by Crippen LogP contribution is -2.40. The molecule has 0 unspecified atom stereocenters. The number of ether oxygens (including phenoxy) is 1. The molecule has 1 aliphatic rings. The Morgan fingerprint density at radius 1 is 1.21 bits per heavy atom. The first kappa shape index (κ1) is 21.4. The highest BCUT2D eigenvalue weighted by Gasteiger charge is 2.28. The van der Waals surface area contributed by atoms with Crippen molar-refractivity contribution in [1.29, 1.82) is 0 Å². The second kappa shape index (κ2) is 8.99. The van der Waals surface area contributed by atoms with Gasteiger partial charge in [-0.15, -0.1) is 0 Å². The number of anilines is 1. The van der Waals surface area contributed by atoms with Crippen LogP contribution in [0.2, 0.25) is 0 Å². The maximum atomic E-state index is 12.7. The second-order valence-corrected chi connectivity index (χ2v) is 9.12. The van der Waals surface area contributed by atoms with E-state index >= 15 is 0 Å². The van der Waals surface area contributed by atoms with Gasteiger partial charge in [-0.05, 0) is 36.8 Å². The minimum absolute atomic E-state index is 0.104. The zero-order valence-corrected chi connectivity index (χ0v) is 17.9. The number of nitrogens with zero attached hydrogens (tertiary/aromatic N) is 3. The van der Waals surface area contributed by atoms with Gasteiger partial charge in [-0.1, -0.05) is 28.1 Å². The summed E-state index contributed by atoms with van der Waals surface area (Å²) < 4.78 is 32.9. The van der Waals surface area contributed by atoms with Gasteiger partial charge in [0, 0.05) is 23.6 Å². The van der Waals surface area contributed by atoms with E-state index in [4.69, 9.17) is 4.74 Å². The quantitative estimate of drug-likeness (QED) is 0.384. The zero-order valence-electron chi connectivity index (χ0n) is 15.5. The predicted molar refractivity (Wildman–Crippen MR) is 113 cm³/mol. The van der Waals surface area contributed by atoms with Gasteiger partial charge in [0.1, 0.15) is 5.69 Å². The predicted octanol–water partition coefficient (Wildman–Crippen LogP) is 3.21. The van der Waals surface area contributed by atoms with E-state index < -0.39 is 14.9 Å². The van der Waals surface area contributed by atoms with Gasteiger partial charge < -0.3 is 4.74 Å². The molecule has 0 bridgehead atoms. The Kier molecular flexibility index (Phi) is 6.63. The maximum absolute atomic E-state index is 12.7.